The molecule has 0 bridgehead atoms. The molecule has 16 heavy (non-hydrogen) atoms. The lowest BCUT2D eigenvalue weighted by Gasteiger charge is -2.32. The summed E-state index contributed by atoms with van der Waals surface area (Å²) in [5.74, 6) is 0.653. The minimum atomic E-state index is -0.0530. The summed E-state index contributed by atoms with van der Waals surface area (Å²) < 4.78 is 5.69. The summed E-state index contributed by atoms with van der Waals surface area (Å²) in [6.07, 6.45) is 3.28. The van der Waals surface area contributed by atoms with E-state index in [9.17, 15) is 0 Å². The average Bonchev–Trinajstić information content (AvgIpc) is 2.26. The van der Waals surface area contributed by atoms with Crippen molar-refractivity contribution in [3.05, 3.63) is 24.0 Å². The largest absolute Gasteiger partial charge is 0.490 e. The van der Waals surface area contributed by atoms with E-state index in [0.717, 1.165) is 5.56 Å². The Morgan fingerprint density at radius 1 is 1.44 bits per heavy atom. The van der Waals surface area contributed by atoms with Gasteiger partial charge in [-0.05, 0) is 34.0 Å². The van der Waals surface area contributed by atoms with Crippen LogP contribution in [0.4, 0.5) is 0 Å². The number of hydrogen-bond acceptors (Lipinski definition) is 4. The average molecular weight is 224 g/mol. The molecule has 0 spiro atoms. The van der Waals surface area contributed by atoms with Gasteiger partial charge in [0, 0.05) is 17.3 Å². The van der Waals surface area contributed by atoms with Crippen LogP contribution in [0.15, 0.2) is 18.5 Å². The molecular weight excluding hydrogens is 204 g/mol. The Hall–Kier alpha value is -1.13. The van der Waals surface area contributed by atoms with Crippen LogP contribution in [0.2, 0.25) is 0 Å². The molecule has 4 nitrogen and oxygen atoms in total. The first kappa shape index (κ1) is 12.9. The molecule has 0 aliphatic carbocycles. The molecule has 1 aromatic heterocycles. The SMILES string of the molecule is CN(C)C(C)(C)COc1cnccc1CO. The molecule has 0 saturated heterocycles. The second kappa shape index (κ2) is 5.27. The van der Waals surface area contributed by atoms with E-state index in [1.807, 2.05) is 14.1 Å². The maximum Gasteiger partial charge on any atom is 0.143 e. The van der Waals surface area contributed by atoms with E-state index in [1.165, 1.54) is 0 Å². The molecule has 4 heteroatoms. The number of pyridine rings is 1. The van der Waals surface area contributed by atoms with Crippen LogP contribution in [0.3, 0.4) is 0 Å². The van der Waals surface area contributed by atoms with Crippen molar-refractivity contribution in [2.45, 2.75) is 26.0 Å². The monoisotopic (exact) mass is 224 g/mol. The van der Waals surface area contributed by atoms with E-state index < -0.39 is 0 Å². The number of aromatic nitrogens is 1. The van der Waals surface area contributed by atoms with Gasteiger partial charge in [-0.1, -0.05) is 0 Å². The highest BCUT2D eigenvalue weighted by molar-refractivity contribution is 5.29. The van der Waals surface area contributed by atoms with Crippen LogP contribution in [0.1, 0.15) is 19.4 Å². The normalized spacial score (nSPS) is 11.9. The first-order valence-corrected chi connectivity index (χ1v) is 5.31. The number of hydrogen-bond donors (Lipinski definition) is 1. The highest BCUT2D eigenvalue weighted by atomic mass is 16.5. The fraction of sp³-hybridized carbons (Fsp3) is 0.583. The molecule has 1 aromatic rings. The molecule has 1 heterocycles. The number of aliphatic hydroxyl groups is 1. The molecular formula is C12H20N2O2. The second-order valence-electron chi connectivity index (χ2n) is 4.64. The van der Waals surface area contributed by atoms with Crippen molar-refractivity contribution in [1.82, 2.24) is 9.88 Å². The van der Waals surface area contributed by atoms with Crippen molar-refractivity contribution in [2.75, 3.05) is 20.7 Å². The third-order valence-corrected chi connectivity index (χ3v) is 2.83. The smallest absolute Gasteiger partial charge is 0.143 e. The Labute approximate surface area is 96.9 Å². The van der Waals surface area contributed by atoms with Crippen LogP contribution < -0.4 is 4.74 Å². The third-order valence-electron chi connectivity index (χ3n) is 2.83. The van der Waals surface area contributed by atoms with E-state index in [-0.39, 0.29) is 12.1 Å². The second-order valence-corrected chi connectivity index (χ2v) is 4.64. The minimum absolute atomic E-state index is 0.0275. The zero-order valence-corrected chi connectivity index (χ0v) is 10.4. The van der Waals surface area contributed by atoms with Crippen LogP contribution in [0, 0.1) is 0 Å². The molecule has 90 valence electrons. The zero-order chi connectivity index (χ0) is 12.2. The Kier molecular flexibility index (Phi) is 4.26. The molecule has 0 unspecified atom stereocenters. The summed E-state index contributed by atoms with van der Waals surface area (Å²) >= 11 is 0. The molecule has 0 aliphatic heterocycles. The number of aliphatic hydroxyl groups excluding tert-OH is 1. The van der Waals surface area contributed by atoms with Gasteiger partial charge in [0.25, 0.3) is 0 Å². The molecule has 0 aromatic carbocycles. The van der Waals surface area contributed by atoms with Gasteiger partial charge in [0.2, 0.25) is 0 Å². The lowest BCUT2D eigenvalue weighted by Crippen LogP contribution is -2.43. The number of rotatable bonds is 5. The van der Waals surface area contributed by atoms with E-state index in [0.29, 0.717) is 12.4 Å². The molecule has 0 amide bonds. The highest BCUT2D eigenvalue weighted by Gasteiger charge is 2.21. The van der Waals surface area contributed by atoms with Gasteiger partial charge in [-0.3, -0.25) is 4.98 Å². The summed E-state index contributed by atoms with van der Waals surface area (Å²) in [6.45, 7) is 4.73. The minimum Gasteiger partial charge on any atom is -0.490 e. The topological polar surface area (TPSA) is 45.6 Å². The first-order valence-electron chi connectivity index (χ1n) is 5.31. The number of likely N-dealkylation sites (N-methyl/N-ethyl adjacent to an activating group) is 1. The van der Waals surface area contributed by atoms with Crippen molar-refractivity contribution in [2.24, 2.45) is 0 Å². The lowest BCUT2D eigenvalue weighted by atomic mass is 10.1. The summed E-state index contributed by atoms with van der Waals surface area (Å²) in [4.78, 5) is 6.09. The van der Waals surface area contributed by atoms with Crippen LogP contribution in [0.5, 0.6) is 5.75 Å². The molecule has 1 rings (SSSR count). The van der Waals surface area contributed by atoms with Gasteiger partial charge < -0.3 is 14.7 Å². The van der Waals surface area contributed by atoms with Gasteiger partial charge in [-0.25, -0.2) is 0 Å². The van der Waals surface area contributed by atoms with E-state index in [1.54, 1.807) is 18.5 Å². The highest BCUT2D eigenvalue weighted by Crippen LogP contribution is 2.19. The standard InChI is InChI=1S/C12H20N2O2/c1-12(2,14(3)4)9-16-11-7-13-6-5-10(11)8-15/h5-7,15H,8-9H2,1-4H3. The zero-order valence-electron chi connectivity index (χ0n) is 10.4. The van der Waals surface area contributed by atoms with Gasteiger partial charge in [0.05, 0.1) is 12.8 Å². The third kappa shape index (κ3) is 3.18. The van der Waals surface area contributed by atoms with Crippen molar-refractivity contribution in [3.63, 3.8) is 0 Å². The van der Waals surface area contributed by atoms with Crippen molar-refractivity contribution >= 4 is 0 Å². The Morgan fingerprint density at radius 3 is 2.69 bits per heavy atom. The Morgan fingerprint density at radius 2 is 2.12 bits per heavy atom. The summed E-state index contributed by atoms with van der Waals surface area (Å²) in [5.41, 5.74) is 0.715. The number of ether oxygens (including phenoxy) is 1. The maximum atomic E-state index is 9.14. The fourth-order valence-electron chi connectivity index (χ4n) is 1.05. The van der Waals surface area contributed by atoms with Crippen LogP contribution >= 0.6 is 0 Å². The lowest BCUT2D eigenvalue weighted by molar-refractivity contribution is 0.112. The van der Waals surface area contributed by atoms with E-state index >= 15 is 0 Å². The molecule has 0 atom stereocenters. The van der Waals surface area contributed by atoms with Gasteiger partial charge in [-0.2, -0.15) is 0 Å². The maximum absolute atomic E-state index is 9.14. The quantitative estimate of drug-likeness (QED) is 0.818. The van der Waals surface area contributed by atoms with Crippen LogP contribution in [-0.4, -0.2) is 41.2 Å². The Bertz CT molecular complexity index is 338. The molecule has 1 N–H and O–H groups in total. The van der Waals surface area contributed by atoms with Gasteiger partial charge in [0.15, 0.2) is 0 Å². The predicted molar refractivity (Wildman–Crippen MR) is 63.4 cm³/mol. The van der Waals surface area contributed by atoms with Crippen molar-refractivity contribution < 1.29 is 9.84 Å². The van der Waals surface area contributed by atoms with Crippen LogP contribution in [0.25, 0.3) is 0 Å². The summed E-state index contributed by atoms with van der Waals surface area (Å²) in [7, 11) is 4.03. The molecule has 0 radical (unpaired) electrons. The summed E-state index contributed by atoms with van der Waals surface area (Å²) in [6, 6.07) is 1.76. The van der Waals surface area contributed by atoms with Gasteiger partial charge >= 0.3 is 0 Å². The van der Waals surface area contributed by atoms with E-state index in [2.05, 4.69) is 23.7 Å². The van der Waals surface area contributed by atoms with E-state index in [4.69, 9.17) is 9.84 Å². The summed E-state index contributed by atoms with van der Waals surface area (Å²) in [5, 5.41) is 9.14. The number of nitrogens with zero attached hydrogens (tertiary/aromatic N) is 2. The van der Waals surface area contributed by atoms with Crippen LogP contribution in [-0.2, 0) is 6.61 Å². The van der Waals surface area contributed by atoms with Gasteiger partial charge in [0.1, 0.15) is 12.4 Å². The Balaban J connectivity index is 2.67. The van der Waals surface area contributed by atoms with Crippen molar-refractivity contribution in [3.8, 4) is 5.75 Å². The molecule has 0 saturated carbocycles. The van der Waals surface area contributed by atoms with Crippen molar-refractivity contribution in [1.29, 1.82) is 0 Å². The fourth-order valence-corrected chi connectivity index (χ4v) is 1.05. The molecule has 0 fully saturated rings. The first-order chi connectivity index (χ1) is 7.47. The predicted octanol–water partition coefficient (Wildman–Crippen LogP) is 1.29. The molecule has 0 aliphatic rings. The van der Waals surface area contributed by atoms with Gasteiger partial charge in [-0.15, -0.1) is 0 Å².